The summed E-state index contributed by atoms with van der Waals surface area (Å²) < 4.78 is 63.6. The monoisotopic (exact) mass is 1120 g/mol. The number of ether oxygens (including phenoxy) is 5. The van der Waals surface area contributed by atoms with Gasteiger partial charge in [0.1, 0.15) is 30.4 Å². The molecule has 12 saturated carbocycles. The molecule has 0 N–H and O–H groups in total. The van der Waals surface area contributed by atoms with Crippen molar-refractivity contribution in [2.24, 2.45) is 69.5 Å². The molecule has 1 saturated heterocycles. The van der Waals surface area contributed by atoms with Crippen molar-refractivity contribution in [1.29, 1.82) is 0 Å². The number of benzene rings is 3. The van der Waals surface area contributed by atoms with Gasteiger partial charge in [0.15, 0.2) is 20.1 Å². The van der Waals surface area contributed by atoms with Crippen molar-refractivity contribution >= 4 is 82.7 Å². The summed E-state index contributed by atoms with van der Waals surface area (Å²) in [6, 6.07) is 26.5. The molecule has 4 aromatic rings. The van der Waals surface area contributed by atoms with Gasteiger partial charge < -0.3 is 23.7 Å². The number of hydrogen-bond acceptors (Lipinski definition) is 10. The maximum Gasteiger partial charge on any atom is 0.377 e. The minimum atomic E-state index is -3.58. The number of ketones is 2. The van der Waals surface area contributed by atoms with Gasteiger partial charge in [0.2, 0.25) is 0 Å². The summed E-state index contributed by atoms with van der Waals surface area (Å²) in [5, 5.41) is 2.79. The fourth-order valence-corrected chi connectivity index (χ4v) is 19.7. The Labute approximate surface area is 434 Å². The number of carbonyl (C=O) groups is 5. The SMILES string of the molecule is CC(F)(F)C(=O)OC12CC3CC(C1)C1(OCC(COC(=O)C45CC6CC(C4)C(=O)C(C6)C5)(COC(=O)C45CC6CC(C4)C(=O)C(C6)C5)CO1)C(C3)C2.Ic1ccc(-[s+]2c3ccccc3c3ccccc32)cc1. The lowest BCUT2D eigenvalue weighted by molar-refractivity contribution is -0.397. The van der Waals surface area contributed by atoms with Gasteiger partial charge in [-0.2, -0.15) is 8.78 Å². The minimum Gasteiger partial charge on any atom is -0.464 e. The van der Waals surface area contributed by atoms with Crippen LogP contribution in [-0.4, -0.2) is 73.2 Å². The molecule has 3 aromatic carbocycles. The number of Topliss-reactive ketones (excluding diaryl/α,β-unsaturated/α-hetero) is 2. The Balaban J connectivity index is 0.000000210. The molecule has 12 bridgehead atoms. The largest absolute Gasteiger partial charge is 0.464 e. The highest BCUT2D eigenvalue weighted by atomic mass is 127. The number of rotatable bonds is 9. The molecular weight excluding hydrogens is 1050 g/mol. The van der Waals surface area contributed by atoms with Gasteiger partial charge in [0.05, 0.1) is 29.5 Å². The first kappa shape index (κ1) is 47.8. The van der Waals surface area contributed by atoms with Crippen LogP contribution in [0.4, 0.5) is 8.78 Å². The van der Waals surface area contributed by atoms with E-state index in [-0.39, 0.29) is 90.3 Å². The lowest BCUT2D eigenvalue weighted by Gasteiger charge is -2.65. The topological polar surface area (TPSA) is 132 Å². The zero-order valence-electron chi connectivity index (χ0n) is 40.7. The molecule has 14 heteroatoms. The molecule has 1 spiro atoms. The van der Waals surface area contributed by atoms with E-state index in [0.717, 1.165) is 51.4 Å². The molecule has 0 radical (unpaired) electrons. The number of carbonyl (C=O) groups excluding carboxylic acids is 5. The molecule has 6 unspecified atom stereocenters. The van der Waals surface area contributed by atoms with Crippen molar-refractivity contribution in [3.05, 3.63) is 76.4 Å². The summed E-state index contributed by atoms with van der Waals surface area (Å²) in [6.45, 7) is 0.619. The maximum atomic E-state index is 14.0. The van der Waals surface area contributed by atoms with Crippen LogP contribution < -0.4 is 0 Å². The molecule has 2 heterocycles. The van der Waals surface area contributed by atoms with E-state index in [9.17, 15) is 32.8 Å². The lowest BCUT2D eigenvalue weighted by Crippen LogP contribution is -2.69. The summed E-state index contributed by atoms with van der Waals surface area (Å²) in [7, 11) is 0.0478. The van der Waals surface area contributed by atoms with E-state index < -0.39 is 39.5 Å². The normalized spacial score (nSPS) is 39.6. The van der Waals surface area contributed by atoms with E-state index in [1.807, 2.05) is 0 Å². The number of halogens is 3. The van der Waals surface area contributed by atoms with Crippen molar-refractivity contribution in [1.82, 2.24) is 0 Å². The fraction of sp³-hybridized carbons (Fsp3) is 0.603. The summed E-state index contributed by atoms with van der Waals surface area (Å²) in [4.78, 5) is 67.5. The van der Waals surface area contributed by atoms with Crippen molar-refractivity contribution in [3.8, 4) is 4.90 Å². The van der Waals surface area contributed by atoms with Crippen LogP contribution in [0.3, 0.4) is 0 Å². The lowest BCUT2D eigenvalue weighted by atomic mass is 9.49. The molecule has 13 aliphatic rings. The number of thiophene rings is 1. The second kappa shape index (κ2) is 17.1. The molecule has 10 nitrogen and oxygen atoms in total. The first-order valence-corrected chi connectivity index (χ1v) is 28.8. The van der Waals surface area contributed by atoms with Crippen LogP contribution in [0.5, 0.6) is 0 Å². The van der Waals surface area contributed by atoms with Gasteiger partial charge in [-0.15, -0.1) is 0 Å². The number of fused-ring (bicyclic) bond motifs is 3. The zero-order chi connectivity index (χ0) is 49.6. The third kappa shape index (κ3) is 7.76. The number of hydrogen-bond donors (Lipinski definition) is 0. The van der Waals surface area contributed by atoms with Gasteiger partial charge in [-0.3, -0.25) is 19.2 Å². The van der Waals surface area contributed by atoms with Gasteiger partial charge in [0.25, 0.3) is 0 Å². The summed E-state index contributed by atoms with van der Waals surface area (Å²) in [5.74, 6) is -5.81. The second-order valence-electron chi connectivity index (χ2n) is 24.6. The van der Waals surface area contributed by atoms with E-state index in [4.69, 9.17) is 23.7 Å². The third-order valence-corrected chi connectivity index (χ3v) is 22.6. The van der Waals surface area contributed by atoms with Gasteiger partial charge in [-0.1, -0.05) is 24.3 Å². The summed E-state index contributed by atoms with van der Waals surface area (Å²) >= 11 is 2.36. The van der Waals surface area contributed by atoms with Gasteiger partial charge in [0, 0.05) is 67.2 Å². The Morgan fingerprint density at radius 2 is 1.07 bits per heavy atom. The summed E-state index contributed by atoms with van der Waals surface area (Å²) in [5.41, 5.74) is -3.30. The Hall–Kier alpha value is -3.86. The highest BCUT2D eigenvalue weighted by molar-refractivity contribution is 14.1. The van der Waals surface area contributed by atoms with Crippen LogP contribution in [0.1, 0.15) is 103 Å². The molecule has 1 aliphatic heterocycles. The predicted molar refractivity (Wildman–Crippen MR) is 272 cm³/mol. The Kier molecular flexibility index (Phi) is 11.3. The van der Waals surface area contributed by atoms with Crippen molar-refractivity contribution < 1.29 is 56.4 Å². The van der Waals surface area contributed by atoms with Crippen LogP contribution in [-0.2, 0) is 47.7 Å². The van der Waals surface area contributed by atoms with Gasteiger partial charge in [-0.25, -0.2) is 4.79 Å². The molecule has 0 amide bonds. The molecule has 12 aliphatic carbocycles. The van der Waals surface area contributed by atoms with Crippen LogP contribution >= 0.6 is 33.1 Å². The molecule has 17 rings (SSSR count). The molecule has 1 aromatic heterocycles. The number of alkyl halides is 2. The minimum absolute atomic E-state index is 0.0478. The first-order chi connectivity index (χ1) is 34.5. The molecule has 380 valence electrons. The number of esters is 3. The maximum absolute atomic E-state index is 14.0. The van der Waals surface area contributed by atoms with Gasteiger partial charge in [-0.05, 0) is 185 Å². The smallest absolute Gasteiger partial charge is 0.377 e. The Bertz CT molecular complexity index is 2720. The molecule has 13 fully saturated rings. The van der Waals surface area contributed by atoms with E-state index >= 15 is 0 Å². The van der Waals surface area contributed by atoms with Crippen LogP contribution in [0.15, 0.2) is 72.8 Å². The third-order valence-electron chi connectivity index (χ3n) is 19.6. The standard InChI is InChI=1S/C40H50F2O10.C18H12IS/c1-35(41,42)32(45)52-39-10-23-6-28(15-39)40(29(7-23)16-39)50-19-36(20-51-40,17-48-33(46)37-8-21-2-24(11-37)30(43)25(3-21)12-37)18-49-34(47)38-9-22-4-26(13-38)31(44)27(5-22)14-38;19-13-9-11-14(12-10-13)20-17-7-3-1-5-15(17)16-6-2-4-8-18(16)20/h21-29H,2-20H2,1H3;1-12H/q;+1. The predicted octanol–water partition coefficient (Wildman–Crippen LogP) is 11.7. The van der Waals surface area contributed by atoms with E-state index in [1.54, 1.807) is 0 Å². The molecule has 6 atom stereocenters. The van der Waals surface area contributed by atoms with Gasteiger partial charge >= 0.3 is 23.8 Å². The average Bonchev–Trinajstić information content (AvgIpc) is 3.69. The van der Waals surface area contributed by atoms with Crippen molar-refractivity contribution in [2.75, 3.05) is 26.4 Å². The van der Waals surface area contributed by atoms with Crippen LogP contribution in [0, 0.1) is 73.1 Å². The van der Waals surface area contributed by atoms with E-state index in [1.165, 1.54) is 28.6 Å². The Morgan fingerprint density at radius 1 is 0.625 bits per heavy atom. The van der Waals surface area contributed by atoms with Crippen molar-refractivity contribution in [2.45, 2.75) is 121 Å². The fourth-order valence-electron chi connectivity index (χ4n) is 17.0. The molecule has 72 heavy (non-hydrogen) atoms. The van der Waals surface area contributed by atoms with Crippen LogP contribution in [0.25, 0.3) is 25.1 Å². The van der Waals surface area contributed by atoms with Crippen LogP contribution in [0.2, 0.25) is 0 Å². The van der Waals surface area contributed by atoms with E-state index in [0.29, 0.717) is 75.3 Å². The second-order valence-corrected chi connectivity index (χ2v) is 27.8. The molecular formula is C58H62F2IO10S+. The summed E-state index contributed by atoms with van der Waals surface area (Å²) in [6.07, 6.45) is 9.83. The first-order valence-electron chi connectivity index (χ1n) is 26.5. The van der Waals surface area contributed by atoms with Crippen molar-refractivity contribution in [3.63, 3.8) is 0 Å². The Morgan fingerprint density at radius 3 is 1.53 bits per heavy atom. The highest BCUT2D eigenvalue weighted by Gasteiger charge is 2.68. The average molecular weight is 1120 g/mol. The zero-order valence-corrected chi connectivity index (χ0v) is 43.7. The highest BCUT2D eigenvalue weighted by Crippen LogP contribution is 2.65. The quantitative estimate of drug-likeness (QED) is 0.0691. The van der Waals surface area contributed by atoms with E-state index in [2.05, 4.69) is 95.4 Å².